The van der Waals surface area contributed by atoms with Crippen molar-refractivity contribution in [1.29, 1.82) is 0 Å². The van der Waals surface area contributed by atoms with Crippen molar-refractivity contribution in [2.24, 2.45) is 5.92 Å². The number of carbonyl (C=O) groups is 1. The van der Waals surface area contributed by atoms with E-state index in [1.165, 1.54) is 0 Å². The highest BCUT2D eigenvalue weighted by molar-refractivity contribution is 5.81. The molecule has 3 fully saturated rings. The van der Waals surface area contributed by atoms with Gasteiger partial charge < -0.3 is 20.1 Å². The van der Waals surface area contributed by atoms with Crippen molar-refractivity contribution in [3.63, 3.8) is 0 Å². The van der Waals surface area contributed by atoms with Crippen molar-refractivity contribution < 1.29 is 14.6 Å². The van der Waals surface area contributed by atoms with E-state index in [4.69, 9.17) is 4.74 Å². The summed E-state index contributed by atoms with van der Waals surface area (Å²) in [5, 5.41) is 13.2. The monoisotopic (exact) mass is 268 g/mol. The SMILES string of the molecule is CCNC1COCC1C(=O)N1C2CCC1CC(O)C2. The van der Waals surface area contributed by atoms with E-state index < -0.39 is 0 Å². The third-order valence-corrected chi connectivity index (χ3v) is 4.83. The van der Waals surface area contributed by atoms with Crippen molar-refractivity contribution in [3.05, 3.63) is 0 Å². The van der Waals surface area contributed by atoms with Crippen LogP contribution in [0.2, 0.25) is 0 Å². The number of ether oxygens (including phenoxy) is 1. The largest absolute Gasteiger partial charge is 0.393 e. The number of nitrogens with zero attached hydrogens (tertiary/aromatic N) is 1. The number of nitrogens with one attached hydrogen (secondary N) is 1. The number of amides is 1. The summed E-state index contributed by atoms with van der Waals surface area (Å²) in [5.41, 5.74) is 0. The van der Waals surface area contributed by atoms with Gasteiger partial charge >= 0.3 is 0 Å². The summed E-state index contributed by atoms with van der Waals surface area (Å²) < 4.78 is 5.49. The molecular weight excluding hydrogens is 244 g/mol. The van der Waals surface area contributed by atoms with Crippen LogP contribution >= 0.6 is 0 Å². The molecule has 3 aliphatic heterocycles. The van der Waals surface area contributed by atoms with E-state index in [0.717, 1.165) is 32.2 Å². The van der Waals surface area contributed by atoms with E-state index in [1.54, 1.807) is 0 Å². The number of aliphatic hydroxyl groups excluding tert-OH is 1. The van der Waals surface area contributed by atoms with Gasteiger partial charge in [-0.1, -0.05) is 6.92 Å². The predicted molar refractivity (Wildman–Crippen MR) is 70.7 cm³/mol. The fraction of sp³-hybridized carbons (Fsp3) is 0.929. The fourth-order valence-electron chi connectivity index (χ4n) is 3.96. The van der Waals surface area contributed by atoms with Crippen LogP contribution in [0.1, 0.15) is 32.6 Å². The Kier molecular flexibility index (Phi) is 3.78. The second-order valence-corrected chi connectivity index (χ2v) is 6.06. The van der Waals surface area contributed by atoms with Crippen molar-refractivity contribution in [3.8, 4) is 0 Å². The number of hydrogen-bond donors (Lipinski definition) is 2. The quantitative estimate of drug-likeness (QED) is 0.763. The minimum Gasteiger partial charge on any atom is -0.393 e. The summed E-state index contributed by atoms with van der Waals surface area (Å²) >= 11 is 0. The first-order valence-corrected chi connectivity index (χ1v) is 7.52. The van der Waals surface area contributed by atoms with E-state index >= 15 is 0 Å². The lowest BCUT2D eigenvalue weighted by molar-refractivity contribution is -0.142. The van der Waals surface area contributed by atoms with Crippen LogP contribution in [0.3, 0.4) is 0 Å². The minimum atomic E-state index is -0.217. The Morgan fingerprint density at radius 1 is 1.32 bits per heavy atom. The zero-order valence-electron chi connectivity index (χ0n) is 11.5. The Labute approximate surface area is 114 Å². The van der Waals surface area contributed by atoms with E-state index in [1.807, 2.05) is 0 Å². The molecule has 2 bridgehead atoms. The number of likely N-dealkylation sites (N-methyl/N-ethyl adjacent to an activating group) is 1. The molecule has 3 saturated heterocycles. The van der Waals surface area contributed by atoms with Gasteiger partial charge in [0, 0.05) is 18.1 Å². The molecule has 19 heavy (non-hydrogen) atoms. The zero-order chi connectivity index (χ0) is 13.4. The fourth-order valence-corrected chi connectivity index (χ4v) is 3.96. The van der Waals surface area contributed by atoms with Crippen LogP contribution in [0.5, 0.6) is 0 Å². The van der Waals surface area contributed by atoms with Gasteiger partial charge in [-0.2, -0.15) is 0 Å². The molecule has 3 heterocycles. The molecule has 3 rings (SSSR count). The van der Waals surface area contributed by atoms with E-state index in [2.05, 4.69) is 17.1 Å². The number of aliphatic hydroxyl groups is 1. The summed E-state index contributed by atoms with van der Waals surface area (Å²) in [6.07, 6.45) is 3.38. The first kappa shape index (κ1) is 13.3. The van der Waals surface area contributed by atoms with Crippen molar-refractivity contribution in [2.45, 2.75) is 56.8 Å². The number of carbonyl (C=O) groups excluding carboxylic acids is 1. The standard InChI is InChI=1S/C14H24N2O3/c1-2-15-13-8-19-7-12(13)14(18)16-9-3-4-10(16)6-11(17)5-9/h9-13,15,17H,2-8H2,1H3. The average molecular weight is 268 g/mol. The molecule has 0 aliphatic carbocycles. The first-order valence-electron chi connectivity index (χ1n) is 7.52. The molecule has 108 valence electrons. The number of rotatable bonds is 3. The molecule has 5 heteroatoms. The second-order valence-electron chi connectivity index (χ2n) is 6.06. The van der Waals surface area contributed by atoms with Gasteiger partial charge in [0.15, 0.2) is 0 Å². The summed E-state index contributed by atoms with van der Waals surface area (Å²) in [5.74, 6) is 0.196. The van der Waals surface area contributed by atoms with Crippen molar-refractivity contribution in [2.75, 3.05) is 19.8 Å². The third-order valence-electron chi connectivity index (χ3n) is 4.83. The Morgan fingerprint density at radius 3 is 2.63 bits per heavy atom. The number of hydrogen-bond acceptors (Lipinski definition) is 4. The molecule has 0 aromatic rings. The minimum absolute atomic E-state index is 0.0432. The molecule has 4 unspecified atom stereocenters. The lowest BCUT2D eigenvalue weighted by Crippen LogP contribution is -2.53. The molecule has 3 aliphatic rings. The lowest BCUT2D eigenvalue weighted by atomic mass is 9.95. The molecule has 4 atom stereocenters. The maximum absolute atomic E-state index is 12.8. The third kappa shape index (κ3) is 2.39. The van der Waals surface area contributed by atoms with Crippen LogP contribution in [0.15, 0.2) is 0 Å². The number of fused-ring (bicyclic) bond motifs is 2. The van der Waals surface area contributed by atoms with Crippen LogP contribution in [-0.4, -0.2) is 59.9 Å². The van der Waals surface area contributed by atoms with Gasteiger partial charge in [-0.05, 0) is 32.2 Å². The van der Waals surface area contributed by atoms with E-state index in [9.17, 15) is 9.90 Å². The van der Waals surface area contributed by atoms with Gasteiger partial charge in [-0.3, -0.25) is 4.79 Å². The highest BCUT2D eigenvalue weighted by Gasteiger charge is 2.46. The summed E-state index contributed by atoms with van der Waals surface area (Å²) in [6, 6.07) is 0.664. The highest BCUT2D eigenvalue weighted by Crippen LogP contribution is 2.37. The number of piperidine rings is 1. The molecule has 1 amide bonds. The van der Waals surface area contributed by atoms with E-state index in [-0.39, 0.29) is 36.1 Å². The van der Waals surface area contributed by atoms with Gasteiger partial charge in [0.2, 0.25) is 5.91 Å². The van der Waals surface area contributed by atoms with Gasteiger partial charge in [-0.15, -0.1) is 0 Å². The van der Waals surface area contributed by atoms with Crippen LogP contribution < -0.4 is 5.32 Å². The average Bonchev–Trinajstić information content (AvgIpc) is 2.93. The van der Waals surface area contributed by atoms with Crippen LogP contribution in [0, 0.1) is 5.92 Å². The van der Waals surface area contributed by atoms with Crippen molar-refractivity contribution in [1.82, 2.24) is 10.2 Å². The molecule has 0 spiro atoms. The van der Waals surface area contributed by atoms with Gasteiger partial charge in [0.25, 0.3) is 0 Å². The molecule has 0 aromatic carbocycles. The van der Waals surface area contributed by atoms with E-state index in [0.29, 0.717) is 13.2 Å². The highest BCUT2D eigenvalue weighted by atomic mass is 16.5. The van der Waals surface area contributed by atoms with Crippen LogP contribution in [-0.2, 0) is 9.53 Å². The summed E-state index contributed by atoms with van der Waals surface area (Å²) in [7, 11) is 0. The predicted octanol–water partition coefficient (Wildman–Crippen LogP) is 0.125. The Balaban J connectivity index is 1.70. The molecule has 0 saturated carbocycles. The topological polar surface area (TPSA) is 61.8 Å². The molecule has 5 nitrogen and oxygen atoms in total. The Morgan fingerprint density at radius 2 is 2.00 bits per heavy atom. The van der Waals surface area contributed by atoms with Gasteiger partial charge in [-0.25, -0.2) is 0 Å². The summed E-state index contributed by atoms with van der Waals surface area (Å²) in [6.45, 7) is 4.09. The maximum atomic E-state index is 12.8. The van der Waals surface area contributed by atoms with Crippen molar-refractivity contribution >= 4 is 5.91 Å². The summed E-state index contributed by atoms with van der Waals surface area (Å²) in [4.78, 5) is 14.8. The van der Waals surface area contributed by atoms with Gasteiger partial charge in [0.1, 0.15) is 0 Å². The van der Waals surface area contributed by atoms with Gasteiger partial charge in [0.05, 0.1) is 25.2 Å². The molecular formula is C14H24N2O3. The lowest BCUT2D eigenvalue weighted by Gasteiger charge is -2.39. The maximum Gasteiger partial charge on any atom is 0.230 e. The Bertz CT molecular complexity index is 336. The normalized spacial score (nSPS) is 41.8. The molecule has 0 aromatic heterocycles. The van der Waals surface area contributed by atoms with Crippen LogP contribution in [0.4, 0.5) is 0 Å². The Hall–Kier alpha value is -0.650. The zero-order valence-corrected chi connectivity index (χ0v) is 11.5. The molecule has 0 radical (unpaired) electrons. The van der Waals surface area contributed by atoms with Crippen LogP contribution in [0.25, 0.3) is 0 Å². The molecule has 2 N–H and O–H groups in total. The second kappa shape index (κ2) is 5.38. The smallest absolute Gasteiger partial charge is 0.230 e. The first-order chi connectivity index (χ1) is 9.20.